The number of nitrogens with one attached hydrogen (secondary N) is 1. The molecule has 2 heterocycles. The van der Waals surface area contributed by atoms with Crippen LogP contribution >= 0.6 is 11.3 Å². The molecule has 3 aromatic rings. The number of hydrogen-bond donors (Lipinski definition) is 1. The predicted octanol–water partition coefficient (Wildman–Crippen LogP) is 1.78. The van der Waals surface area contributed by atoms with Gasteiger partial charge in [-0.25, -0.2) is 4.98 Å². The van der Waals surface area contributed by atoms with E-state index < -0.39 is 0 Å². The van der Waals surface area contributed by atoms with Gasteiger partial charge < -0.3 is 10.1 Å². The van der Waals surface area contributed by atoms with Crippen LogP contribution in [0.15, 0.2) is 46.8 Å². The molecule has 1 aromatic carbocycles. The summed E-state index contributed by atoms with van der Waals surface area (Å²) in [5.41, 5.74) is 0.726. The average molecular weight is 329 g/mol. The maximum absolute atomic E-state index is 12.2. The Hall–Kier alpha value is -2.67. The van der Waals surface area contributed by atoms with Gasteiger partial charge in [0.1, 0.15) is 17.1 Å². The molecule has 3 rings (SSSR count). The first-order chi connectivity index (χ1) is 11.2. The topological polar surface area (TPSA) is 73.2 Å². The van der Waals surface area contributed by atoms with E-state index in [1.807, 2.05) is 29.6 Å². The van der Waals surface area contributed by atoms with Gasteiger partial charge in [-0.2, -0.15) is 0 Å². The van der Waals surface area contributed by atoms with Gasteiger partial charge in [-0.1, -0.05) is 12.1 Å². The lowest BCUT2D eigenvalue weighted by molar-refractivity contribution is -0.121. The van der Waals surface area contributed by atoms with Crippen LogP contribution in [0.3, 0.4) is 0 Å². The summed E-state index contributed by atoms with van der Waals surface area (Å²) in [4.78, 5) is 29.1. The van der Waals surface area contributed by atoms with Crippen LogP contribution in [0, 0.1) is 0 Å². The van der Waals surface area contributed by atoms with Crippen molar-refractivity contribution in [3.63, 3.8) is 0 Å². The minimum absolute atomic E-state index is 0.0540. The third kappa shape index (κ3) is 3.40. The average Bonchev–Trinajstić information content (AvgIpc) is 3.05. The fraction of sp³-hybridized carbons (Fsp3) is 0.188. The molecular formula is C16H15N3O3S. The first kappa shape index (κ1) is 15.2. The van der Waals surface area contributed by atoms with Crippen molar-refractivity contribution >= 4 is 27.5 Å². The largest absolute Gasteiger partial charge is 0.497 e. The summed E-state index contributed by atoms with van der Waals surface area (Å²) in [7, 11) is 1.59. The number of carbonyl (C=O) groups excluding carboxylic acids is 1. The fourth-order valence-electron chi connectivity index (χ4n) is 2.20. The van der Waals surface area contributed by atoms with Crippen molar-refractivity contribution in [3.8, 4) is 5.75 Å². The van der Waals surface area contributed by atoms with Gasteiger partial charge in [0.15, 0.2) is 0 Å². The summed E-state index contributed by atoms with van der Waals surface area (Å²) in [5, 5.41) is 5.14. The van der Waals surface area contributed by atoms with E-state index in [4.69, 9.17) is 4.74 Å². The number of ether oxygens (including phenoxy) is 1. The zero-order valence-electron chi connectivity index (χ0n) is 12.5. The molecule has 0 fully saturated rings. The number of thiophene rings is 1. The highest BCUT2D eigenvalue weighted by Crippen LogP contribution is 2.13. The van der Waals surface area contributed by atoms with Crippen molar-refractivity contribution in [1.29, 1.82) is 0 Å². The van der Waals surface area contributed by atoms with Crippen LogP contribution in [0.4, 0.5) is 0 Å². The SMILES string of the molecule is COc1cccc(CNC(=O)Cn2cnc3sccc3c2=O)c1. The molecule has 0 aliphatic carbocycles. The molecule has 0 aliphatic heterocycles. The summed E-state index contributed by atoms with van der Waals surface area (Å²) >= 11 is 1.40. The van der Waals surface area contributed by atoms with E-state index in [2.05, 4.69) is 10.3 Å². The molecule has 0 radical (unpaired) electrons. The monoisotopic (exact) mass is 329 g/mol. The quantitative estimate of drug-likeness (QED) is 0.774. The summed E-state index contributed by atoms with van der Waals surface area (Å²) in [6.07, 6.45) is 1.41. The second kappa shape index (κ2) is 6.62. The number of hydrogen-bond acceptors (Lipinski definition) is 5. The summed E-state index contributed by atoms with van der Waals surface area (Å²) in [6.45, 7) is 0.320. The molecule has 0 atom stereocenters. The van der Waals surface area contributed by atoms with E-state index in [1.54, 1.807) is 13.2 Å². The van der Waals surface area contributed by atoms with Crippen LogP contribution in [-0.2, 0) is 17.9 Å². The highest BCUT2D eigenvalue weighted by molar-refractivity contribution is 7.16. The van der Waals surface area contributed by atoms with Crippen molar-refractivity contribution in [3.05, 3.63) is 58.0 Å². The van der Waals surface area contributed by atoms with Crippen LogP contribution in [0.2, 0.25) is 0 Å². The molecule has 1 N–H and O–H groups in total. The third-order valence-electron chi connectivity index (χ3n) is 3.39. The standard InChI is InChI=1S/C16H15N3O3S/c1-22-12-4-2-3-11(7-12)8-17-14(20)9-19-10-18-15-13(16(19)21)5-6-23-15/h2-7,10H,8-9H2,1H3,(H,17,20). The Bertz CT molecular complexity index is 901. The Morgan fingerprint density at radius 3 is 3.09 bits per heavy atom. The molecule has 0 aliphatic rings. The van der Waals surface area contributed by atoms with Crippen LogP contribution < -0.4 is 15.6 Å². The Morgan fingerprint density at radius 1 is 1.39 bits per heavy atom. The molecule has 0 unspecified atom stereocenters. The molecule has 23 heavy (non-hydrogen) atoms. The molecule has 1 amide bonds. The first-order valence-electron chi connectivity index (χ1n) is 6.99. The summed E-state index contributed by atoms with van der Waals surface area (Å²) in [5.74, 6) is 0.492. The molecule has 7 heteroatoms. The number of amides is 1. The molecule has 0 bridgehead atoms. The number of carbonyl (C=O) groups is 1. The second-order valence-electron chi connectivity index (χ2n) is 4.95. The van der Waals surface area contributed by atoms with Gasteiger partial charge in [-0.15, -0.1) is 11.3 Å². The molecule has 2 aromatic heterocycles. The van der Waals surface area contributed by atoms with Crippen molar-refractivity contribution < 1.29 is 9.53 Å². The fourth-order valence-corrected chi connectivity index (χ4v) is 2.92. The van der Waals surface area contributed by atoms with Crippen molar-refractivity contribution in [1.82, 2.24) is 14.9 Å². The van der Waals surface area contributed by atoms with Gasteiger partial charge in [0.2, 0.25) is 5.91 Å². The van der Waals surface area contributed by atoms with E-state index in [0.717, 1.165) is 11.3 Å². The minimum atomic E-state index is -0.244. The first-order valence-corrected chi connectivity index (χ1v) is 7.87. The number of benzene rings is 1. The van der Waals surface area contributed by atoms with E-state index in [9.17, 15) is 9.59 Å². The number of nitrogens with zero attached hydrogens (tertiary/aromatic N) is 2. The number of methoxy groups -OCH3 is 1. The van der Waals surface area contributed by atoms with E-state index in [1.165, 1.54) is 22.2 Å². The van der Waals surface area contributed by atoms with E-state index in [-0.39, 0.29) is 18.0 Å². The van der Waals surface area contributed by atoms with Gasteiger partial charge in [-0.05, 0) is 29.1 Å². The van der Waals surface area contributed by atoms with Crippen LogP contribution in [-0.4, -0.2) is 22.6 Å². The second-order valence-corrected chi connectivity index (χ2v) is 5.84. The van der Waals surface area contributed by atoms with Crippen LogP contribution in [0.5, 0.6) is 5.75 Å². The van der Waals surface area contributed by atoms with E-state index >= 15 is 0 Å². The Kier molecular flexibility index (Phi) is 4.38. The Balaban J connectivity index is 1.66. The Labute approximate surface area is 136 Å². The zero-order valence-corrected chi connectivity index (χ0v) is 13.3. The van der Waals surface area contributed by atoms with Crippen molar-refractivity contribution in [2.45, 2.75) is 13.1 Å². The number of fused-ring (bicyclic) bond motifs is 1. The van der Waals surface area contributed by atoms with Gasteiger partial charge in [-0.3, -0.25) is 14.2 Å². The van der Waals surface area contributed by atoms with Gasteiger partial charge in [0.05, 0.1) is 18.8 Å². The van der Waals surface area contributed by atoms with Gasteiger partial charge >= 0.3 is 0 Å². The maximum Gasteiger partial charge on any atom is 0.262 e. The molecule has 0 saturated heterocycles. The van der Waals surface area contributed by atoms with Crippen molar-refractivity contribution in [2.75, 3.05) is 7.11 Å². The molecule has 6 nitrogen and oxygen atoms in total. The number of aromatic nitrogens is 2. The minimum Gasteiger partial charge on any atom is -0.497 e. The predicted molar refractivity (Wildman–Crippen MR) is 88.7 cm³/mol. The Morgan fingerprint density at radius 2 is 2.26 bits per heavy atom. The normalized spacial score (nSPS) is 10.7. The molecular weight excluding hydrogens is 314 g/mol. The summed E-state index contributed by atoms with van der Waals surface area (Å²) in [6, 6.07) is 9.17. The van der Waals surface area contributed by atoms with Crippen LogP contribution in [0.1, 0.15) is 5.56 Å². The van der Waals surface area contributed by atoms with E-state index in [0.29, 0.717) is 16.8 Å². The molecule has 0 saturated carbocycles. The third-order valence-corrected chi connectivity index (χ3v) is 4.21. The van der Waals surface area contributed by atoms with Crippen LogP contribution in [0.25, 0.3) is 10.2 Å². The zero-order chi connectivity index (χ0) is 16.2. The number of rotatable bonds is 5. The lowest BCUT2D eigenvalue weighted by Crippen LogP contribution is -2.32. The van der Waals surface area contributed by atoms with Gasteiger partial charge in [0, 0.05) is 6.54 Å². The van der Waals surface area contributed by atoms with Gasteiger partial charge in [0.25, 0.3) is 5.56 Å². The molecule has 0 spiro atoms. The lowest BCUT2D eigenvalue weighted by Gasteiger charge is -2.08. The lowest BCUT2D eigenvalue weighted by atomic mass is 10.2. The highest BCUT2D eigenvalue weighted by Gasteiger charge is 2.08. The highest BCUT2D eigenvalue weighted by atomic mass is 32.1. The maximum atomic E-state index is 12.2. The van der Waals surface area contributed by atoms with Crippen molar-refractivity contribution in [2.24, 2.45) is 0 Å². The molecule has 118 valence electrons. The summed E-state index contributed by atoms with van der Waals surface area (Å²) < 4.78 is 6.46. The smallest absolute Gasteiger partial charge is 0.262 e.